The van der Waals surface area contributed by atoms with Gasteiger partial charge in [-0.3, -0.25) is 4.98 Å². The Morgan fingerprint density at radius 1 is 1.10 bits per heavy atom. The minimum Gasteiger partial charge on any atom is -0.478 e. The van der Waals surface area contributed by atoms with Crippen molar-refractivity contribution < 1.29 is 9.90 Å². The summed E-state index contributed by atoms with van der Waals surface area (Å²) in [6, 6.07) is 14.7. The Morgan fingerprint density at radius 3 is 2.67 bits per heavy atom. The molecule has 0 saturated carbocycles. The van der Waals surface area contributed by atoms with Crippen molar-refractivity contribution in [1.29, 1.82) is 0 Å². The standard InChI is InChI=1S/C17H12ClNO2/c18-15-10-13(17(20)21)6-5-12(15)9-11-7-8-19-16-4-2-1-3-14(11)16/h1-8,10H,9H2,(H,20,21). The molecule has 0 saturated heterocycles. The summed E-state index contributed by atoms with van der Waals surface area (Å²) in [5.41, 5.74) is 3.15. The minimum absolute atomic E-state index is 0.198. The fourth-order valence-electron chi connectivity index (χ4n) is 2.34. The number of nitrogens with zero attached hydrogens (tertiary/aromatic N) is 1. The molecule has 104 valence electrons. The summed E-state index contributed by atoms with van der Waals surface area (Å²) in [5, 5.41) is 10.5. The predicted octanol–water partition coefficient (Wildman–Crippen LogP) is 4.18. The smallest absolute Gasteiger partial charge is 0.335 e. The molecule has 0 unspecified atom stereocenters. The molecule has 0 aliphatic carbocycles. The second kappa shape index (κ2) is 5.54. The molecule has 0 atom stereocenters. The summed E-state index contributed by atoms with van der Waals surface area (Å²) >= 11 is 6.20. The van der Waals surface area contributed by atoms with Crippen molar-refractivity contribution in [2.24, 2.45) is 0 Å². The van der Waals surface area contributed by atoms with Crippen LogP contribution in [0.1, 0.15) is 21.5 Å². The Labute approximate surface area is 126 Å². The molecule has 2 aromatic carbocycles. The Bertz CT molecular complexity index is 825. The summed E-state index contributed by atoms with van der Waals surface area (Å²) in [5.74, 6) is -0.974. The van der Waals surface area contributed by atoms with Crippen LogP contribution in [0.2, 0.25) is 5.02 Å². The van der Waals surface area contributed by atoms with Gasteiger partial charge in [0.1, 0.15) is 0 Å². The summed E-state index contributed by atoms with van der Waals surface area (Å²) in [6.07, 6.45) is 2.42. The van der Waals surface area contributed by atoms with Gasteiger partial charge in [-0.2, -0.15) is 0 Å². The average Bonchev–Trinajstić information content (AvgIpc) is 2.49. The molecule has 0 amide bonds. The first-order chi connectivity index (χ1) is 10.1. The number of pyridine rings is 1. The summed E-state index contributed by atoms with van der Waals surface area (Å²) in [6.45, 7) is 0. The molecule has 4 heteroatoms. The van der Waals surface area contributed by atoms with Crippen LogP contribution in [0.15, 0.2) is 54.7 Å². The lowest BCUT2D eigenvalue weighted by molar-refractivity contribution is 0.0697. The van der Waals surface area contributed by atoms with Gasteiger partial charge in [-0.1, -0.05) is 35.9 Å². The lowest BCUT2D eigenvalue weighted by atomic mass is 10.0. The minimum atomic E-state index is -0.974. The zero-order chi connectivity index (χ0) is 14.8. The highest BCUT2D eigenvalue weighted by Gasteiger charge is 2.09. The Morgan fingerprint density at radius 2 is 1.90 bits per heavy atom. The molecule has 0 fully saturated rings. The third kappa shape index (κ3) is 2.73. The molecule has 0 bridgehead atoms. The Hall–Kier alpha value is -2.39. The van der Waals surface area contributed by atoms with E-state index in [9.17, 15) is 4.79 Å². The van der Waals surface area contributed by atoms with E-state index in [1.165, 1.54) is 6.07 Å². The van der Waals surface area contributed by atoms with Crippen molar-refractivity contribution in [2.75, 3.05) is 0 Å². The van der Waals surface area contributed by atoms with Crippen LogP contribution in [0.25, 0.3) is 10.9 Å². The molecule has 3 nitrogen and oxygen atoms in total. The third-order valence-electron chi connectivity index (χ3n) is 3.42. The van der Waals surface area contributed by atoms with E-state index in [2.05, 4.69) is 4.98 Å². The van der Waals surface area contributed by atoms with E-state index < -0.39 is 5.97 Å². The van der Waals surface area contributed by atoms with Crippen molar-refractivity contribution in [3.8, 4) is 0 Å². The quantitative estimate of drug-likeness (QED) is 0.789. The van der Waals surface area contributed by atoms with Crippen LogP contribution in [-0.2, 0) is 6.42 Å². The molecule has 0 radical (unpaired) electrons. The van der Waals surface area contributed by atoms with Gasteiger partial charge < -0.3 is 5.11 Å². The SMILES string of the molecule is O=C(O)c1ccc(Cc2ccnc3ccccc23)c(Cl)c1. The van der Waals surface area contributed by atoms with Crippen molar-refractivity contribution in [1.82, 2.24) is 4.98 Å². The number of carboxylic acid groups (broad SMARTS) is 1. The number of aromatic nitrogens is 1. The molecule has 1 aromatic heterocycles. The zero-order valence-electron chi connectivity index (χ0n) is 11.1. The summed E-state index contributed by atoms with van der Waals surface area (Å²) in [4.78, 5) is 15.3. The first-order valence-corrected chi connectivity index (χ1v) is 6.87. The molecule has 0 aliphatic heterocycles. The lowest BCUT2D eigenvalue weighted by Gasteiger charge is -2.08. The van der Waals surface area contributed by atoms with Crippen LogP contribution < -0.4 is 0 Å². The van der Waals surface area contributed by atoms with Crippen LogP contribution in [0, 0.1) is 0 Å². The molecule has 0 spiro atoms. The largest absolute Gasteiger partial charge is 0.478 e. The highest BCUT2D eigenvalue weighted by Crippen LogP contribution is 2.24. The highest BCUT2D eigenvalue weighted by molar-refractivity contribution is 6.31. The van der Waals surface area contributed by atoms with Crippen LogP contribution in [0.4, 0.5) is 0 Å². The molecule has 21 heavy (non-hydrogen) atoms. The van der Waals surface area contributed by atoms with Gasteiger partial charge in [-0.25, -0.2) is 4.79 Å². The second-order valence-corrected chi connectivity index (χ2v) is 5.18. The van der Waals surface area contributed by atoms with Crippen LogP contribution in [-0.4, -0.2) is 16.1 Å². The molecule has 3 rings (SSSR count). The van der Waals surface area contributed by atoms with Crippen LogP contribution in [0.3, 0.4) is 0 Å². The second-order valence-electron chi connectivity index (χ2n) is 4.78. The number of carboxylic acids is 1. The summed E-state index contributed by atoms with van der Waals surface area (Å²) < 4.78 is 0. The van der Waals surface area contributed by atoms with Crippen molar-refractivity contribution in [3.63, 3.8) is 0 Å². The number of fused-ring (bicyclic) bond motifs is 1. The van der Waals surface area contributed by atoms with Gasteiger partial charge in [0.2, 0.25) is 0 Å². The van der Waals surface area contributed by atoms with Gasteiger partial charge in [0, 0.05) is 16.6 Å². The normalized spacial score (nSPS) is 10.7. The predicted molar refractivity (Wildman–Crippen MR) is 83.0 cm³/mol. The third-order valence-corrected chi connectivity index (χ3v) is 3.77. The first-order valence-electron chi connectivity index (χ1n) is 6.49. The Balaban J connectivity index is 2.01. The number of halogens is 1. The molecule has 0 aliphatic rings. The summed E-state index contributed by atoms with van der Waals surface area (Å²) in [7, 11) is 0. The van der Waals surface area contributed by atoms with E-state index >= 15 is 0 Å². The van der Waals surface area contributed by atoms with Gasteiger partial charge in [0.15, 0.2) is 0 Å². The van der Waals surface area contributed by atoms with E-state index in [1.54, 1.807) is 18.3 Å². The number of hydrogen-bond acceptors (Lipinski definition) is 2. The van der Waals surface area contributed by atoms with Crippen molar-refractivity contribution in [2.45, 2.75) is 6.42 Å². The number of aromatic carboxylic acids is 1. The maximum atomic E-state index is 10.9. The van der Waals surface area contributed by atoms with Crippen molar-refractivity contribution in [3.05, 3.63) is 76.4 Å². The van der Waals surface area contributed by atoms with Gasteiger partial charge in [-0.15, -0.1) is 0 Å². The average molecular weight is 298 g/mol. The van der Waals surface area contributed by atoms with Crippen molar-refractivity contribution >= 4 is 28.5 Å². The number of rotatable bonds is 3. The van der Waals surface area contributed by atoms with Gasteiger partial charge >= 0.3 is 5.97 Å². The molecular formula is C17H12ClNO2. The molecule has 1 heterocycles. The van der Waals surface area contributed by atoms with E-state index in [-0.39, 0.29) is 5.56 Å². The van der Waals surface area contributed by atoms with Crippen LogP contribution in [0.5, 0.6) is 0 Å². The van der Waals surface area contributed by atoms with Crippen LogP contribution >= 0.6 is 11.6 Å². The lowest BCUT2D eigenvalue weighted by Crippen LogP contribution is -1.98. The molecule has 3 aromatic rings. The topological polar surface area (TPSA) is 50.2 Å². The van der Waals surface area contributed by atoms with E-state index in [4.69, 9.17) is 16.7 Å². The number of hydrogen-bond donors (Lipinski definition) is 1. The fraction of sp³-hybridized carbons (Fsp3) is 0.0588. The molecule has 1 N–H and O–H groups in total. The highest BCUT2D eigenvalue weighted by atomic mass is 35.5. The number of para-hydroxylation sites is 1. The molecular weight excluding hydrogens is 286 g/mol. The zero-order valence-corrected chi connectivity index (χ0v) is 11.8. The monoisotopic (exact) mass is 297 g/mol. The van der Waals surface area contributed by atoms with Gasteiger partial charge in [0.25, 0.3) is 0 Å². The first kappa shape index (κ1) is 13.6. The van der Waals surface area contributed by atoms with E-state index in [1.807, 2.05) is 30.3 Å². The fourth-order valence-corrected chi connectivity index (χ4v) is 2.59. The van der Waals surface area contributed by atoms with E-state index in [0.29, 0.717) is 11.4 Å². The number of carbonyl (C=O) groups is 1. The number of benzene rings is 2. The van der Waals surface area contributed by atoms with Gasteiger partial charge in [-0.05, 0) is 41.8 Å². The Kier molecular flexibility index (Phi) is 3.59. The van der Waals surface area contributed by atoms with Gasteiger partial charge in [0.05, 0.1) is 11.1 Å². The maximum absolute atomic E-state index is 10.9. The maximum Gasteiger partial charge on any atom is 0.335 e. The van der Waals surface area contributed by atoms with E-state index in [0.717, 1.165) is 22.0 Å².